The standard InChI is InChI=1S/C30H39N3O7/c1-29(2,3)10-8-9-14-13-18(32(4)5)16-11-15-12-17-22(33(6)7)25(36)21(28(31)39)27(38)30(17,40)26(37)19(15)24(35)20(16)23(14)34/h11,13,17,22,34-35,38,40H,8-10,12H2,1-7H3,(H2,31,39)/t17-,22-,30-/m0/s1. The summed E-state index contributed by atoms with van der Waals surface area (Å²) in [6, 6.07) is 2.40. The van der Waals surface area contributed by atoms with Crippen molar-refractivity contribution in [3.05, 3.63) is 40.2 Å². The van der Waals surface area contributed by atoms with Crippen LogP contribution < -0.4 is 10.6 Å². The summed E-state index contributed by atoms with van der Waals surface area (Å²) in [5.74, 6) is -6.11. The molecule has 216 valence electrons. The normalized spacial score (nSPS) is 23.0. The van der Waals surface area contributed by atoms with E-state index in [-0.39, 0.29) is 28.5 Å². The number of aryl methyl sites for hydroxylation is 1. The molecular weight excluding hydrogens is 514 g/mol. The monoisotopic (exact) mass is 553 g/mol. The molecule has 0 bridgehead atoms. The van der Waals surface area contributed by atoms with Gasteiger partial charge in [0, 0.05) is 31.1 Å². The van der Waals surface area contributed by atoms with Gasteiger partial charge in [-0.05, 0) is 68.5 Å². The fourth-order valence-electron chi connectivity index (χ4n) is 6.26. The van der Waals surface area contributed by atoms with Crippen LogP contribution in [0.25, 0.3) is 10.8 Å². The molecule has 0 saturated heterocycles. The zero-order chi connectivity index (χ0) is 30.1. The zero-order valence-corrected chi connectivity index (χ0v) is 24.1. The Hall–Kier alpha value is -3.63. The summed E-state index contributed by atoms with van der Waals surface area (Å²) < 4.78 is 0. The number of carbonyl (C=O) groups excluding carboxylic acids is 3. The highest BCUT2D eigenvalue weighted by atomic mass is 16.3. The van der Waals surface area contributed by atoms with Crippen LogP contribution in [0, 0.1) is 11.3 Å². The van der Waals surface area contributed by atoms with Crippen molar-refractivity contribution in [1.82, 2.24) is 4.90 Å². The van der Waals surface area contributed by atoms with E-state index in [4.69, 9.17) is 5.73 Å². The average molecular weight is 554 g/mol. The molecule has 0 unspecified atom stereocenters. The lowest BCUT2D eigenvalue weighted by atomic mass is 9.62. The summed E-state index contributed by atoms with van der Waals surface area (Å²) in [5.41, 5.74) is 3.34. The minimum atomic E-state index is -2.68. The van der Waals surface area contributed by atoms with Gasteiger partial charge in [-0.15, -0.1) is 0 Å². The van der Waals surface area contributed by atoms with Gasteiger partial charge in [-0.2, -0.15) is 0 Å². The number of carbonyl (C=O) groups is 3. The number of phenolic OH excluding ortho intramolecular Hbond substituents is 2. The van der Waals surface area contributed by atoms with Crippen LogP contribution in [0.5, 0.6) is 11.5 Å². The van der Waals surface area contributed by atoms with Crippen LogP contribution in [0.4, 0.5) is 5.69 Å². The zero-order valence-electron chi connectivity index (χ0n) is 24.1. The molecule has 2 aliphatic carbocycles. The SMILES string of the molecule is CN(C)c1cc(CCCC(C)(C)C)c(O)c2c(O)c3c(cc12)C[C@H]1[C@H](N(C)C)C(=O)C(C(N)=O)=C(O)[C@@]1(O)C3=O. The number of nitrogens with zero attached hydrogens (tertiary/aromatic N) is 2. The van der Waals surface area contributed by atoms with Crippen molar-refractivity contribution in [1.29, 1.82) is 0 Å². The van der Waals surface area contributed by atoms with Crippen LogP contribution in [-0.4, -0.2) is 82.6 Å². The number of primary amides is 1. The second kappa shape index (κ2) is 9.78. The number of Topliss-reactive ketones (excluding diaryl/α,β-unsaturated/α-hetero) is 2. The molecule has 40 heavy (non-hydrogen) atoms. The maximum atomic E-state index is 14.0. The van der Waals surface area contributed by atoms with Crippen LogP contribution in [-0.2, 0) is 22.4 Å². The topological polar surface area (TPSA) is 165 Å². The molecule has 2 aromatic rings. The number of hydrogen-bond acceptors (Lipinski definition) is 9. The Labute approximate surface area is 233 Å². The number of nitrogens with two attached hydrogens (primary N) is 1. The van der Waals surface area contributed by atoms with E-state index in [1.807, 2.05) is 25.1 Å². The Bertz CT molecular complexity index is 1470. The van der Waals surface area contributed by atoms with Crippen LogP contribution >= 0.6 is 0 Å². The smallest absolute Gasteiger partial charge is 0.255 e. The van der Waals surface area contributed by atoms with Crippen molar-refractivity contribution < 1.29 is 34.8 Å². The number of benzene rings is 2. The molecule has 10 heteroatoms. The van der Waals surface area contributed by atoms with E-state index in [1.165, 1.54) is 4.90 Å². The Balaban J connectivity index is 1.99. The quantitative estimate of drug-likeness (QED) is 0.338. The summed E-state index contributed by atoms with van der Waals surface area (Å²) >= 11 is 0. The van der Waals surface area contributed by atoms with Gasteiger partial charge < -0.3 is 31.1 Å². The molecule has 2 aliphatic rings. The predicted octanol–water partition coefficient (Wildman–Crippen LogP) is 2.58. The minimum absolute atomic E-state index is 0.0562. The number of phenols is 2. The maximum absolute atomic E-state index is 14.0. The summed E-state index contributed by atoms with van der Waals surface area (Å²) in [4.78, 5) is 42.7. The first kappa shape index (κ1) is 29.4. The lowest BCUT2D eigenvalue weighted by Crippen LogP contribution is -2.64. The van der Waals surface area contributed by atoms with E-state index in [2.05, 4.69) is 20.8 Å². The summed E-state index contributed by atoms with van der Waals surface area (Å²) in [6.07, 6.45) is 2.15. The number of anilines is 1. The first-order valence-electron chi connectivity index (χ1n) is 13.4. The largest absolute Gasteiger partial charge is 0.508 e. The highest BCUT2D eigenvalue weighted by Gasteiger charge is 2.62. The first-order chi connectivity index (χ1) is 18.4. The van der Waals surface area contributed by atoms with E-state index >= 15 is 0 Å². The summed E-state index contributed by atoms with van der Waals surface area (Å²) in [5, 5.41) is 46.2. The third-order valence-electron chi connectivity index (χ3n) is 8.21. The van der Waals surface area contributed by atoms with Gasteiger partial charge in [0.25, 0.3) is 5.91 Å². The average Bonchev–Trinajstić information content (AvgIpc) is 2.81. The number of aromatic hydroxyl groups is 2. The Morgan fingerprint density at radius 3 is 2.23 bits per heavy atom. The van der Waals surface area contributed by atoms with E-state index < -0.39 is 52.1 Å². The molecule has 2 aromatic carbocycles. The van der Waals surface area contributed by atoms with Crippen molar-refractivity contribution in [2.75, 3.05) is 33.1 Å². The molecule has 3 atom stereocenters. The number of aliphatic hydroxyl groups is 2. The third kappa shape index (κ3) is 4.39. The third-order valence-corrected chi connectivity index (χ3v) is 8.21. The molecule has 0 heterocycles. The molecule has 0 spiro atoms. The van der Waals surface area contributed by atoms with Gasteiger partial charge in [0.2, 0.25) is 5.78 Å². The molecule has 0 saturated carbocycles. The number of ketones is 2. The van der Waals surface area contributed by atoms with Crippen molar-refractivity contribution in [3.63, 3.8) is 0 Å². The predicted molar refractivity (Wildman–Crippen MR) is 152 cm³/mol. The van der Waals surface area contributed by atoms with Crippen molar-refractivity contribution >= 4 is 33.9 Å². The molecule has 0 fully saturated rings. The minimum Gasteiger partial charge on any atom is -0.508 e. The fourth-order valence-corrected chi connectivity index (χ4v) is 6.26. The van der Waals surface area contributed by atoms with Crippen LogP contribution in [0.1, 0.15) is 55.1 Å². The molecule has 0 aromatic heterocycles. The molecule has 0 radical (unpaired) electrons. The van der Waals surface area contributed by atoms with Gasteiger partial charge in [-0.25, -0.2) is 0 Å². The van der Waals surface area contributed by atoms with E-state index in [0.717, 1.165) is 12.8 Å². The Morgan fingerprint density at radius 1 is 1.07 bits per heavy atom. The van der Waals surface area contributed by atoms with E-state index in [1.54, 1.807) is 20.2 Å². The second-order valence-corrected chi connectivity index (χ2v) is 12.7. The summed E-state index contributed by atoms with van der Waals surface area (Å²) in [6.45, 7) is 6.40. The molecule has 10 nitrogen and oxygen atoms in total. The molecule has 1 amide bonds. The first-order valence-corrected chi connectivity index (χ1v) is 13.4. The van der Waals surface area contributed by atoms with Crippen LogP contribution in [0.15, 0.2) is 23.5 Å². The second-order valence-electron chi connectivity index (χ2n) is 12.7. The van der Waals surface area contributed by atoms with Gasteiger partial charge in [-0.3, -0.25) is 19.3 Å². The van der Waals surface area contributed by atoms with E-state index in [0.29, 0.717) is 28.6 Å². The number of aliphatic hydroxyl groups excluding tert-OH is 1. The Morgan fingerprint density at radius 2 is 1.70 bits per heavy atom. The van der Waals surface area contributed by atoms with Gasteiger partial charge >= 0.3 is 0 Å². The number of likely N-dealkylation sites (N-methyl/N-ethyl adjacent to an activating group) is 1. The van der Waals surface area contributed by atoms with Crippen molar-refractivity contribution in [3.8, 4) is 11.5 Å². The lowest BCUT2D eigenvalue weighted by molar-refractivity contribution is -0.132. The number of fused-ring (bicyclic) bond motifs is 3. The fraction of sp³-hybridized carbons (Fsp3) is 0.500. The highest BCUT2D eigenvalue weighted by molar-refractivity contribution is 6.25. The molecular formula is C30H39N3O7. The number of hydrogen-bond donors (Lipinski definition) is 5. The van der Waals surface area contributed by atoms with Gasteiger partial charge in [0.15, 0.2) is 11.4 Å². The van der Waals surface area contributed by atoms with Gasteiger partial charge in [-0.1, -0.05) is 20.8 Å². The maximum Gasteiger partial charge on any atom is 0.255 e. The van der Waals surface area contributed by atoms with Crippen LogP contribution in [0.2, 0.25) is 0 Å². The molecule has 0 aliphatic heterocycles. The van der Waals surface area contributed by atoms with Crippen molar-refractivity contribution in [2.24, 2.45) is 17.1 Å². The summed E-state index contributed by atoms with van der Waals surface area (Å²) in [7, 11) is 6.79. The number of rotatable bonds is 6. The number of amides is 1. The Kier molecular flexibility index (Phi) is 7.18. The molecule has 6 N–H and O–H groups in total. The van der Waals surface area contributed by atoms with Gasteiger partial charge in [0.1, 0.15) is 22.8 Å². The molecule has 4 rings (SSSR count). The lowest BCUT2D eigenvalue weighted by Gasteiger charge is -2.47. The highest BCUT2D eigenvalue weighted by Crippen LogP contribution is 2.51. The van der Waals surface area contributed by atoms with Gasteiger partial charge in [0.05, 0.1) is 17.0 Å². The van der Waals surface area contributed by atoms with Crippen LogP contribution in [0.3, 0.4) is 0 Å². The van der Waals surface area contributed by atoms with E-state index in [9.17, 15) is 34.8 Å². The van der Waals surface area contributed by atoms with Crippen molar-refractivity contribution in [2.45, 2.75) is 58.1 Å².